The molecule has 1 N–H and O–H groups in total. The van der Waals surface area contributed by atoms with Crippen molar-refractivity contribution in [2.45, 2.75) is 38.6 Å². The molecule has 0 aromatic heterocycles. The molecule has 1 atom stereocenters. The molecule has 1 aliphatic heterocycles. The summed E-state index contributed by atoms with van der Waals surface area (Å²) in [5.74, 6) is 1.75. The monoisotopic (exact) mass is 249 g/mol. The van der Waals surface area contributed by atoms with Crippen molar-refractivity contribution in [2.75, 3.05) is 20.3 Å². The van der Waals surface area contributed by atoms with Crippen LogP contribution in [-0.2, 0) is 0 Å². The van der Waals surface area contributed by atoms with E-state index in [1.807, 2.05) is 13.1 Å². The van der Waals surface area contributed by atoms with Crippen LogP contribution >= 0.6 is 0 Å². The number of hydrogen-bond acceptors (Lipinski definition) is 3. The van der Waals surface area contributed by atoms with Gasteiger partial charge in [0.15, 0.2) is 11.5 Å². The Bertz CT molecular complexity index is 379. The molecule has 0 radical (unpaired) electrons. The fraction of sp³-hybridized carbons (Fsp3) is 0.600. The Kier molecular flexibility index (Phi) is 4.88. The van der Waals surface area contributed by atoms with Gasteiger partial charge in [-0.15, -0.1) is 0 Å². The Hall–Kier alpha value is -1.22. The largest absolute Gasteiger partial charge is 0.486 e. The number of nitrogens with one attached hydrogen (secondary N) is 1. The molecule has 1 aromatic rings. The van der Waals surface area contributed by atoms with Crippen LogP contribution in [-0.4, -0.2) is 20.3 Å². The molecule has 1 unspecified atom stereocenters. The normalized spacial score (nSPS) is 15.4. The number of benzene rings is 1. The highest BCUT2D eigenvalue weighted by Gasteiger charge is 2.15. The van der Waals surface area contributed by atoms with Crippen molar-refractivity contribution >= 4 is 0 Å². The lowest BCUT2D eigenvalue weighted by Gasteiger charge is -2.22. The second-order valence-electron chi connectivity index (χ2n) is 4.74. The van der Waals surface area contributed by atoms with Gasteiger partial charge in [0.2, 0.25) is 0 Å². The Labute approximate surface area is 109 Å². The molecule has 0 saturated carbocycles. The van der Waals surface area contributed by atoms with Crippen LogP contribution in [0.3, 0.4) is 0 Å². The number of fused-ring (bicyclic) bond motifs is 1. The summed E-state index contributed by atoms with van der Waals surface area (Å²) in [5.41, 5.74) is 1.29. The summed E-state index contributed by atoms with van der Waals surface area (Å²) < 4.78 is 11.2. The zero-order valence-electron chi connectivity index (χ0n) is 11.4. The maximum Gasteiger partial charge on any atom is 0.161 e. The molecular formula is C15H23NO2. The van der Waals surface area contributed by atoms with E-state index in [9.17, 15) is 0 Å². The summed E-state index contributed by atoms with van der Waals surface area (Å²) in [6, 6.07) is 6.68. The quantitative estimate of drug-likeness (QED) is 0.785. The van der Waals surface area contributed by atoms with Gasteiger partial charge in [0, 0.05) is 6.04 Å². The Morgan fingerprint density at radius 1 is 1.17 bits per heavy atom. The van der Waals surface area contributed by atoms with Gasteiger partial charge in [-0.2, -0.15) is 0 Å². The summed E-state index contributed by atoms with van der Waals surface area (Å²) in [6.45, 7) is 3.53. The van der Waals surface area contributed by atoms with Crippen LogP contribution in [0.25, 0.3) is 0 Å². The Balaban J connectivity index is 2.05. The molecule has 1 aromatic carbocycles. The first-order valence-electron chi connectivity index (χ1n) is 6.92. The minimum Gasteiger partial charge on any atom is -0.486 e. The fourth-order valence-electron chi connectivity index (χ4n) is 2.35. The van der Waals surface area contributed by atoms with Crippen LogP contribution in [0.15, 0.2) is 18.2 Å². The SMILES string of the molecule is CCCCCC(NC)c1ccc2c(c1)OCCO2. The Morgan fingerprint density at radius 2 is 1.94 bits per heavy atom. The van der Waals surface area contributed by atoms with Crippen LogP contribution in [0.5, 0.6) is 11.5 Å². The van der Waals surface area contributed by atoms with Gasteiger partial charge < -0.3 is 14.8 Å². The lowest BCUT2D eigenvalue weighted by molar-refractivity contribution is 0.171. The first-order valence-corrected chi connectivity index (χ1v) is 6.92. The zero-order chi connectivity index (χ0) is 12.8. The molecule has 3 heteroatoms. The van der Waals surface area contributed by atoms with Gasteiger partial charge in [-0.3, -0.25) is 0 Å². The molecule has 0 amide bonds. The predicted molar refractivity (Wildman–Crippen MR) is 73.4 cm³/mol. The molecule has 1 aliphatic rings. The molecule has 0 saturated heterocycles. The zero-order valence-corrected chi connectivity index (χ0v) is 11.4. The number of ether oxygens (including phenoxy) is 2. The number of unbranched alkanes of at least 4 members (excludes halogenated alkanes) is 2. The fourth-order valence-corrected chi connectivity index (χ4v) is 2.35. The van der Waals surface area contributed by atoms with Gasteiger partial charge in [0.05, 0.1) is 0 Å². The van der Waals surface area contributed by atoms with E-state index in [0.717, 1.165) is 11.5 Å². The maximum atomic E-state index is 5.63. The van der Waals surface area contributed by atoms with E-state index in [2.05, 4.69) is 24.4 Å². The maximum absolute atomic E-state index is 5.63. The van der Waals surface area contributed by atoms with Crippen molar-refractivity contribution in [3.63, 3.8) is 0 Å². The van der Waals surface area contributed by atoms with Crippen LogP contribution < -0.4 is 14.8 Å². The van der Waals surface area contributed by atoms with Crippen LogP contribution in [0, 0.1) is 0 Å². The van der Waals surface area contributed by atoms with Crippen molar-refractivity contribution in [2.24, 2.45) is 0 Å². The third-order valence-electron chi connectivity index (χ3n) is 3.41. The smallest absolute Gasteiger partial charge is 0.161 e. The second-order valence-corrected chi connectivity index (χ2v) is 4.74. The van der Waals surface area contributed by atoms with Gasteiger partial charge in [-0.05, 0) is 31.2 Å². The molecule has 18 heavy (non-hydrogen) atoms. The van der Waals surface area contributed by atoms with Crippen molar-refractivity contribution in [1.82, 2.24) is 5.32 Å². The van der Waals surface area contributed by atoms with E-state index >= 15 is 0 Å². The minimum absolute atomic E-state index is 0.410. The highest BCUT2D eigenvalue weighted by atomic mass is 16.6. The summed E-state index contributed by atoms with van der Waals surface area (Å²) >= 11 is 0. The third-order valence-corrected chi connectivity index (χ3v) is 3.41. The summed E-state index contributed by atoms with van der Waals surface area (Å²) in [6.07, 6.45) is 4.99. The van der Waals surface area contributed by atoms with Crippen molar-refractivity contribution in [1.29, 1.82) is 0 Å². The third kappa shape index (κ3) is 3.16. The molecule has 0 fully saturated rings. The van der Waals surface area contributed by atoms with E-state index in [-0.39, 0.29) is 0 Å². The first kappa shape index (κ1) is 13.2. The lowest BCUT2D eigenvalue weighted by atomic mass is 10.00. The highest BCUT2D eigenvalue weighted by Crippen LogP contribution is 2.33. The van der Waals surface area contributed by atoms with Gasteiger partial charge in [-0.25, -0.2) is 0 Å². The minimum atomic E-state index is 0.410. The molecule has 2 rings (SSSR count). The number of rotatable bonds is 6. The molecule has 1 heterocycles. The van der Waals surface area contributed by atoms with Crippen molar-refractivity contribution in [3.8, 4) is 11.5 Å². The van der Waals surface area contributed by atoms with Gasteiger partial charge >= 0.3 is 0 Å². The first-order chi connectivity index (χ1) is 8.85. The molecule has 0 bridgehead atoms. The van der Waals surface area contributed by atoms with E-state index < -0.39 is 0 Å². The van der Waals surface area contributed by atoms with E-state index in [1.165, 1.54) is 31.2 Å². The second kappa shape index (κ2) is 6.64. The van der Waals surface area contributed by atoms with E-state index in [1.54, 1.807) is 0 Å². The predicted octanol–water partition coefficient (Wildman–Crippen LogP) is 3.30. The van der Waals surface area contributed by atoms with Crippen LogP contribution in [0.2, 0.25) is 0 Å². The number of hydrogen-bond donors (Lipinski definition) is 1. The average molecular weight is 249 g/mol. The van der Waals surface area contributed by atoms with Crippen molar-refractivity contribution in [3.05, 3.63) is 23.8 Å². The topological polar surface area (TPSA) is 30.5 Å². The van der Waals surface area contributed by atoms with E-state index in [0.29, 0.717) is 19.3 Å². The summed E-state index contributed by atoms with van der Waals surface area (Å²) in [7, 11) is 2.02. The molecule has 0 spiro atoms. The van der Waals surface area contributed by atoms with Crippen molar-refractivity contribution < 1.29 is 9.47 Å². The van der Waals surface area contributed by atoms with Gasteiger partial charge in [0.1, 0.15) is 13.2 Å². The van der Waals surface area contributed by atoms with Crippen LogP contribution in [0.4, 0.5) is 0 Å². The lowest BCUT2D eigenvalue weighted by Crippen LogP contribution is -2.18. The summed E-state index contributed by atoms with van der Waals surface area (Å²) in [5, 5.41) is 3.39. The van der Waals surface area contributed by atoms with Gasteiger partial charge in [-0.1, -0.05) is 32.3 Å². The molecule has 100 valence electrons. The molecular weight excluding hydrogens is 226 g/mol. The average Bonchev–Trinajstić information content (AvgIpc) is 2.43. The summed E-state index contributed by atoms with van der Waals surface area (Å²) in [4.78, 5) is 0. The standard InChI is InChI=1S/C15H23NO2/c1-3-4-5-6-13(16-2)12-7-8-14-15(11-12)18-10-9-17-14/h7-8,11,13,16H,3-6,9-10H2,1-2H3. The molecule has 0 aliphatic carbocycles. The Morgan fingerprint density at radius 3 is 2.67 bits per heavy atom. The molecule has 3 nitrogen and oxygen atoms in total. The highest BCUT2D eigenvalue weighted by molar-refractivity contribution is 5.44. The van der Waals surface area contributed by atoms with Gasteiger partial charge in [0.25, 0.3) is 0 Å². The van der Waals surface area contributed by atoms with E-state index in [4.69, 9.17) is 9.47 Å². The van der Waals surface area contributed by atoms with Crippen LogP contribution in [0.1, 0.15) is 44.2 Å².